The van der Waals surface area contributed by atoms with E-state index in [0.717, 1.165) is 12.8 Å². The van der Waals surface area contributed by atoms with Gasteiger partial charge in [-0.05, 0) is 18.8 Å². The Bertz CT molecular complexity index is 232. The third-order valence-electron chi connectivity index (χ3n) is 2.27. The van der Waals surface area contributed by atoms with Crippen LogP contribution in [0.25, 0.3) is 0 Å². The van der Waals surface area contributed by atoms with Gasteiger partial charge in [0.05, 0.1) is 0 Å². The van der Waals surface area contributed by atoms with Gasteiger partial charge in [-0.2, -0.15) is 4.31 Å². The van der Waals surface area contributed by atoms with Crippen LogP contribution in [0.1, 0.15) is 19.8 Å². The molecule has 0 unspecified atom stereocenters. The third kappa shape index (κ3) is 2.17. The maximum absolute atomic E-state index is 12.0. The summed E-state index contributed by atoms with van der Waals surface area (Å²) in [6, 6.07) is -1.26. The van der Waals surface area contributed by atoms with Gasteiger partial charge in [0.1, 0.15) is 0 Å². The molecule has 1 heterocycles. The average Bonchev–Trinajstić information content (AvgIpc) is 2.05. The molecule has 0 N–H and O–H groups in total. The SMILES string of the molecule is CC1CCN(S(=O)(=O)CF)CC1. The van der Waals surface area contributed by atoms with E-state index in [1.807, 2.05) is 0 Å². The smallest absolute Gasteiger partial charge is 0.232 e. The fraction of sp³-hybridized carbons (Fsp3) is 1.00. The molecule has 1 fully saturated rings. The number of piperidine rings is 1. The Morgan fingerprint density at radius 2 is 1.92 bits per heavy atom. The lowest BCUT2D eigenvalue weighted by atomic mass is 10.0. The number of nitrogens with zero attached hydrogens (tertiary/aromatic N) is 1. The van der Waals surface area contributed by atoms with E-state index in [2.05, 4.69) is 6.92 Å². The van der Waals surface area contributed by atoms with Crippen molar-refractivity contribution in [3.05, 3.63) is 0 Å². The summed E-state index contributed by atoms with van der Waals surface area (Å²) >= 11 is 0. The molecule has 1 aliphatic rings. The maximum atomic E-state index is 12.0. The zero-order valence-electron chi connectivity index (χ0n) is 7.16. The molecule has 0 spiro atoms. The minimum absolute atomic E-state index is 0.480. The van der Waals surface area contributed by atoms with Gasteiger partial charge in [-0.15, -0.1) is 0 Å². The molecule has 0 aromatic rings. The Hall–Kier alpha value is -0.160. The molecule has 0 atom stereocenters. The van der Waals surface area contributed by atoms with E-state index in [1.165, 1.54) is 4.31 Å². The highest BCUT2D eigenvalue weighted by atomic mass is 32.2. The highest BCUT2D eigenvalue weighted by molar-refractivity contribution is 7.88. The van der Waals surface area contributed by atoms with E-state index in [1.54, 1.807) is 0 Å². The van der Waals surface area contributed by atoms with Gasteiger partial charge < -0.3 is 0 Å². The molecule has 0 saturated carbocycles. The first-order valence-corrected chi connectivity index (χ1v) is 5.71. The van der Waals surface area contributed by atoms with Crippen LogP contribution in [0.2, 0.25) is 0 Å². The van der Waals surface area contributed by atoms with Crippen molar-refractivity contribution >= 4 is 10.0 Å². The molecule has 0 amide bonds. The van der Waals surface area contributed by atoms with Gasteiger partial charge in [-0.1, -0.05) is 6.92 Å². The second-order valence-corrected chi connectivity index (χ2v) is 5.20. The average molecular weight is 195 g/mol. The lowest BCUT2D eigenvalue weighted by molar-refractivity contribution is 0.284. The van der Waals surface area contributed by atoms with Crippen molar-refractivity contribution in [3.63, 3.8) is 0 Å². The van der Waals surface area contributed by atoms with Crippen LogP contribution in [0.4, 0.5) is 4.39 Å². The second-order valence-electron chi connectivity index (χ2n) is 3.30. The first-order valence-electron chi connectivity index (χ1n) is 4.10. The quantitative estimate of drug-likeness (QED) is 0.658. The Labute approximate surface area is 72.6 Å². The Morgan fingerprint density at radius 1 is 1.42 bits per heavy atom. The summed E-state index contributed by atoms with van der Waals surface area (Å²) in [6.45, 7) is 3.04. The summed E-state index contributed by atoms with van der Waals surface area (Å²) in [5.41, 5.74) is 0. The van der Waals surface area contributed by atoms with Gasteiger partial charge in [0.2, 0.25) is 16.0 Å². The van der Waals surface area contributed by atoms with E-state index in [9.17, 15) is 12.8 Å². The minimum Gasteiger partial charge on any atom is -0.232 e. The van der Waals surface area contributed by atoms with Gasteiger partial charge in [0.25, 0.3) is 0 Å². The molecular formula is C7H14FNO2S. The summed E-state index contributed by atoms with van der Waals surface area (Å²) in [5, 5.41) is 0. The fourth-order valence-electron chi connectivity index (χ4n) is 1.33. The summed E-state index contributed by atoms with van der Waals surface area (Å²) in [4.78, 5) is 0. The number of halogens is 1. The Kier molecular flexibility index (Phi) is 3.06. The van der Waals surface area contributed by atoms with Crippen LogP contribution in [-0.2, 0) is 10.0 Å². The molecule has 1 saturated heterocycles. The van der Waals surface area contributed by atoms with Crippen molar-refractivity contribution in [2.24, 2.45) is 5.92 Å². The van der Waals surface area contributed by atoms with Crippen LogP contribution >= 0.6 is 0 Å². The molecule has 0 aromatic heterocycles. The molecule has 1 aliphatic heterocycles. The molecule has 72 valence electrons. The van der Waals surface area contributed by atoms with Gasteiger partial charge >= 0.3 is 0 Å². The molecule has 0 radical (unpaired) electrons. The fourth-order valence-corrected chi connectivity index (χ4v) is 2.24. The Morgan fingerprint density at radius 3 is 2.33 bits per heavy atom. The highest BCUT2D eigenvalue weighted by Gasteiger charge is 2.25. The molecule has 0 aromatic carbocycles. The molecular weight excluding hydrogens is 181 g/mol. The van der Waals surface area contributed by atoms with Crippen molar-refractivity contribution in [1.29, 1.82) is 0 Å². The predicted octanol–water partition coefficient (Wildman–Crippen LogP) is 0.975. The largest absolute Gasteiger partial charge is 0.243 e. The normalized spacial score (nSPS) is 22.8. The highest BCUT2D eigenvalue weighted by Crippen LogP contribution is 2.18. The predicted molar refractivity (Wildman–Crippen MR) is 44.9 cm³/mol. The standard InChI is InChI=1S/C7H14FNO2S/c1-7-2-4-9(5-3-7)12(10,11)6-8/h7H,2-6H2,1H3. The van der Waals surface area contributed by atoms with Crippen LogP contribution in [0.3, 0.4) is 0 Å². The van der Waals surface area contributed by atoms with Gasteiger partial charge in [0.15, 0.2) is 0 Å². The van der Waals surface area contributed by atoms with Crippen LogP contribution in [-0.4, -0.2) is 31.8 Å². The van der Waals surface area contributed by atoms with E-state index >= 15 is 0 Å². The number of sulfonamides is 1. The zero-order valence-corrected chi connectivity index (χ0v) is 7.98. The summed E-state index contributed by atoms with van der Waals surface area (Å²) in [5.74, 6) is 0.566. The third-order valence-corrected chi connectivity index (χ3v) is 3.70. The summed E-state index contributed by atoms with van der Waals surface area (Å²) in [7, 11) is -3.58. The number of hydrogen-bond acceptors (Lipinski definition) is 2. The molecule has 12 heavy (non-hydrogen) atoms. The van der Waals surface area contributed by atoms with E-state index in [4.69, 9.17) is 0 Å². The molecule has 1 rings (SSSR count). The van der Waals surface area contributed by atoms with Crippen molar-refractivity contribution in [2.45, 2.75) is 19.8 Å². The maximum Gasteiger partial charge on any atom is 0.243 e. The van der Waals surface area contributed by atoms with E-state index < -0.39 is 16.0 Å². The van der Waals surface area contributed by atoms with Crippen molar-refractivity contribution < 1.29 is 12.8 Å². The zero-order chi connectivity index (χ0) is 9.19. The van der Waals surface area contributed by atoms with Gasteiger partial charge in [-0.25, -0.2) is 12.8 Å². The summed E-state index contributed by atoms with van der Waals surface area (Å²) in [6.07, 6.45) is 1.69. The lowest BCUT2D eigenvalue weighted by Crippen LogP contribution is -2.38. The van der Waals surface area contributed by atoms with Crippen molar-refractivity contribution in [1.82, 2.24) is 4.31 Å². The van der Waals surface area contributed by atoms with Crippen LogP contribution < -0.4 is 0 Å². The van der Waals surface area contributed by atoms with Crippen LogP contribution in [0.5, 0.6) is 0 Å². The first-order chi connectivity index (χ1) is 5.56. The molecule has 5 heteroatoms. The summed E-state index contributed by atoms with van der Waals surface area (Å²) < 4.78 is 35.3. The van der Waals surface area contributed by atoms with E-state index in [0.29, 0.717) is 19.0 Å². The number of rotatable bonds is 2. The van der Waals surface area contributed by atoms with E-state index in [-0.39, 0.29) is 0 Å². The number of alkyl halides is 1. The lowest BCUT2D eigenvalue weighted by Gasteiger charge is -2.28. The van der Waals surface area contributed by atoms with Gasteiger partial charge in [-0.3, -0.25) is 0 Å². The van der Waals surface area contributed by atoms with Crippen LogP contribution in [0, 0.1) is 5.92 Å². The molecule has 0 bridgehead atoms. The molecule has 0 aliphatic carbocycles. The Balaban J connectivity index is 2.56. The molecule has 3 nitrogen and oxygen atoms in total. The van der Waals surface area contributed by atoms with Crippen LogP contribution in [0.15, 0.2) is 0 Å². The monoisotopic (exact) mass is 195 g/mol. The van der Waals surface area contributed by atoms with Gasteiger partial charge in [0, 0.05) is 13.1 Å². The number of hydrogen-bond donors (Lipinski definition) is 0. The minimum atomic E-state index is -3.58. The topological polar surface area (TPSA) is 37.4 Å². The van der Waals surface area contributed by atoms with Crippen molar-refractivity contribution in [3.8, 4) is 0 Å². The second kappa shape index (κ2) is 3.70. The van der Waals surface area contributed by atoms with Crippen molar-refractivity contribution in [2.75, 3.05) is 19.1 Å². The first kappa shape index (κ1) is 9.92.